The summed E-state index contributed by atoms with van der Waals surface area (Å²) in [4.78, 5) is 2.34. The Labute approximate surface area is 223 Å². The van der Waals surface area contributed by atoms with Crippen LogP contribution in [0.2, 0.25) is 0 Å². The Morgan fingerprint density at radius 3 is 1.97 bits per heavy atom. The van der Waals surface area contributed by atoms with Gasteiger partial charge in [0.1, 0.15) is 11.2 Å². The fraction of sp³-hybridized carbons (Fsp3) is 0. The van der Waals surface area contributed by atoms with E-state index in [-0.39, 0.29) is 0 Å². The van der Waals surface area contributed by atoms with Crippen molar-refractivity contribution in [2.75, 3.05) is 4.90 Å². The molecule has 2 nitrogen and oxygen atoms in total. The lowest BCUT2D eigenvalue weighted by Gasteiger charge is -2.27. The molecule has 0 fully saturated rings. The summed E-state index contributed by atoms with van der Waals surface area (Å²) >= 11 is 3.62. The monoisotopic (exact) mass is 539 g/mol. The van der Waals surface area contributed by atoms with Gasteiger partial charge in [0.25, 0.3) is 0 Å². The van der Waals surface area contributed by atoms with Crippen LogP contribution < -0.4 is 4.90 Å². The topological polar surface area (TPSA) is 16.4 Å². The molecule has 0 aliphatic heterocycles. The van der Waals surface area contributed by atoms with Crippen LogP contribution in [-0.2, 0) is 0 Å². The van der Waals surface area contributed by atoms with Gasteiger partial charge in [0.15, 0.2) is 0 Å². The fourth-order valence-corrected chi connectivity index (χ4v) is 5.50. The summed E-state index contributed by atoms with van der Waals surface area (Å²) in [5.74, 6) is 0. The number of halogens is 1. The summed E-state index contributed by atoms with van der Waals surface area (Å²) in [7, 11) is 0. The molecule has 0 amide bonds. The quantitative estimate of drug-likeness (QED) is 0.221. The number of fused-ring (bicyclic) bond motifs is 4. The molecule has 0 aliphatic carbocycles. The lowest BCUT2D eigenvalue weighted by Crippen LogP contribution is -2.10. The van der Waals surface area contributed by atoms with Gasteiger partial charge in [-0.1, -0.05) is 94.8 Å². The Bertz CT molecular complexity index is 1880. The number of anilines is 3. The summed E-state index contributed by atoms with van der Waals surface area (Å²) in [6.07, 6.45) is 0. The first-order valence-electron chi connectivity index (χ1n) is 12.3. The summed E-state index contributed by atoms with van der Waals surface area (Å²) in [6.45, 7) is 0. The molecule has 0 bridgehead atoms. The van der Waals surface area contributed by atoms with Crippen LogP contribution in [0.5, 0.6) is 0 Å². The second-order valence-corrected chi connectivity index (χ2v) is 10.1. The largest absolute Gasteiger partial charge is 0.456 e. The Morgan fingerprint density at radius 2 is 1.14 bits per heavy atom. The molecular weight excluding hydrogens is 518 g/mol. The highest BCUT2D eigenvalue weighted by atomic mass is 79.9. The van der Waals surface area contributed by atoms with Crippen LogP contribution in [0.1, 0.15) is 0 Å². The third-order valence-corrected chi connectivity index (χ3v) is 7.41. The van der Waals surface area contributed by atoms with Crippen LogP contribution in [0.15, 0.2) is 142 Å². The summed E-state index contributed by atoms with van der Waals surface area (Å²) in [6, 6.07) is 47.0. The standard InChI is InChI=1S/C34H22BrNO/c35-26-15-19-33-30(21-26)31-22-28(18-20-34(31)37-33)36(32-12-6-10-25-9-4-5-11-29(25)32)27-16-13-24(14-17-27)23-7-2-1-3-8-23/h1-22H. The highest BCUT2D eigenvalue weighted by molar-refractivity contribution is 9.10. The number of rotatable bonds is 4. The highest BCUT2D eigenvalue weighted by Crippen LogP contribution is 2.42. The summed E-state index contributed by atoms with van der Waals surface area (Å²) in [5.41, 5.74) is 7.50. The predicted molar refractivity (Wildman–Crippen MR) is 159 cm³/mol. The van der Waals surface area contributed by atoms with Gasteiger partial charge in [0.2, 0.25) is 0 Å². The van der Waals surface area contributed by atoms with E-state index in [1.54, 1.807) is 0 Å². The van der Waals surface area contributed by atoms with Gasteiger partial charge in [-0.25, -0.2) is 0 Å². The molecule has 176 valence electrons. The summed E-state index contributed by atoms with van der Waals surface area (Å²) in [5, 5.41) is 4.62. The fourth-order valence-electron chi connectivity index (χ4n) is 5.14. The number of nitrogens with zero attached hydrogens (tertiary/aromatic N) is 1. The van der Waals surface area contributed by atoms with Crippen LogP contribution in [-0.4, -0.2) is 0 Å². The Kier molecular flexibility index (Phi) is 5.30. The van der Waals surface area contributed by atoms with Crippen molar-refractivity contribution >= 4 is 65.7 Å². The van der Waals surface area contributed by atoms with Crippen molar-refractivity contribution < 1.29 is 4.42 Å². The maximum Gasteiger partial charge on any atom is 0.135 e. The molecule has 0 aliphatic rings. The minimum Gasteiger partial charge on any atom is -0.456 e. The predicted octanol–water partition coefficient (Wildman–Crippen LogP) is 10.6. The lowest BCUT2D eigenvalue weighted by atomic mass is 10.0. The van der Waals surface area contributed by atoms with Crippen LogP contribution in [0.25, 0.3) is 43.8 Å². The van der Waals surface area contributed by atoms with Crippen molar-refractivity contribution in [3.8, 4) is 11.1 Å². The lowest BCUT2D eigenvalue weighted by molar-refractivity contribution is 0.669. The molecule has 1 aromatic heterocycles. The smallest absolute Gasteiger partial charge is 0.135 e. The average molecular weight is 540 g/mol. The van der Waals surface area contributed by atoms with E-state index in [0.717, 1.165) is 43.5 Å². The van der Waals surface area contributed by atoms with Gasteiger partial charge in [0.05, 0.1) is 5.69 Å². The van der Waals surface area contributed by atoms with E-state index < -0.39 is 0 Å². The molecule has 0 spiro atoms. The number of hydrogen-bond donors (Lipinski definition) is 0. The zero-order valence-electron chi connectivity index (χ0n) is 19.9. The van der Waals surface area contributed by atoms with E-state index in [2.05, 4.69) is 136 Å². The van der Waals surface area contributed by atoms with E-state index in [0.29, 0.717) is 0 Å². The number of hydrogen-bond acceptors (Lipinski definition) is 2. The second kappa shape index (κ2) is 8.95. The molecular formula is C34H22BrNO. The molecule has 3 heteroatoms. The molecule has 0 saturated carbocycles. The molecule has 1 heterocycles. The zero-order chi connectivity index (χ0) is 24.8. The van der Waals surface area contributed by atoms with Crippen molar-refractivity contribution in [3.63, 3.8) is 0 Å². The van der Waals surface area contributed by atoms with Gasteiger partial charge in [-0.15, -0.1) is 0 Å². The molecule has 0 unspecified atom stereocenters. The van der Waals surface area contributed by atoms with Crippen molar-refractivity contribution in [1.82, 2.24) is 0 Å². The zero-order valence-corrected chi connectivity index (χ0v) is 21.5. The van der Waals surface area contributed by atoms with E-state index in [1.165, 1.54) is 21.9 Å². The SMILES string of the molecule is Brc1ccc2oc3ccc(N(c4ccc(-c5ccccc5)cc4)c4cccc5ccccc45)cc3c2c1. The Balaban J connectivity index is 1.45. The minimum absolute atomic E-state index is 0.883. The normalized spacial score (nSPS) is 11.4. The molecule has 37 heavy (non-hydrogen) atoms. The highest BCUT2D eigenvalue weighted by Gasteiger charge is 2.17. The van der Waals surface area contributed by atoms with Crippen LogP contribution >= 0.6 is 15.9 Å². The van der Waals surface area contributed by atoms with E-state index in [4.69, 9.17) is 4.42 Å². The van der Waals surface area contributed by atoms with Gasteiger partial charge >= 0.3 is 0 Å². The average Bonchev–Trinajstić information content (AvgIpc) is 3.31. The molecule has 0 radical (unpaired) electrons. The van der Waals surface area contributed by atoms with Crippen molar-refractivity contribution in [2.24, 2.45) is 0 Å². The van der Waals surface area contributed by atoms with Crippen LogP contribution in [0.3, 0.4) is 0 Å². The van der Waals surface area contributed by atoms with E-state index in [1.807, 2.05) is 18.2 Å². The van der Waals surface area contributed by atoms with Crippen LogP contribution in [0, 0.1) is 0 Å². The first kappa shape index (κ1) is 21.9. The number of benzene rings is 6. The first-order chi connectivity index (χ1) is 18.2. The summed E-state index contributed by atoms with van der Waals surface area (Å²) < 4.78 is 7.19. The first-order valence-corrected chi connectivity index (χ1v) is 13.1. The van der Waals surface area contributed by atoms with Crippen molar-refractivity contribution in [3.05, 3.63) is 138 Å². The second-order valence-electron chi connectivity index (χ2n) is 9.17. The Morgan fingerprint density at radius 1 is 0.486 bits per heavy atom. The molecule has 7 rings (SSSR count). The van der Waals surface area contributed by atoms with Gasteiger partial charge in [-0.2, -0.15) is 0 Å². The van der Waals surface area contributed by atoms with Crippen LogP contribution in [0.4, 0.5) is 17.1 Å². The van der Waals surface area contributed by atoms with Gasteiger partial charge in [-0.05, 0) is 71.1 Å². The molecule has 0 atom stereocenters. The van der Waals surface area contributed by atoms with E-state index >= 15 is 0 Å². The maximum atomic E-state index is 6.15. The Hall–Kier alpha value is -4.34. The molecule has 6 aromatic carbocycles. The third-order valence-electron chi connectivity index (χ3n) is 6.91. The van der Waals surface area contributed by atoms with Crippen molar-refractivity contribution in [2.45, 2.75) is 0 Å². The maximum absolute atomic E-state index is 6.15. The molecule has 7 aromatic rings. The molecule has 0 saturated heterocycles. The number of furan rings is 1. The molecule has 0 N–H and O–H groups in total. The van der Waals surface area contributed by atoms with Gasteiger partial charge in [-0.3, -0.25) is 0 Å². The minimum atomic E-state index is 0.883. The van der Waals surface area contributed by atoms with Crippen molar-refractivity contribution in [1.29, 1.82) is 0 Å². The van der Waals surface area contributed by atoms with E-state index in [9.17, 15) is 0 Å². The van der Waals surface area contributed by atoms with Gasteiger partial charge < -0.3 is 9.32 Å². The van der Waals surface area contributed by atoms with Gasteiger partial charge in [0, 0.05) is 32.0 Å². The third kappa shape index (κ3) is 3.89.